The van der Waals surface area contributed by atoms with Crippen LogP contribution in [-0.2, 0) is 4.79 Å². The van der Waals surface area contributed by atoms with Crippen molar-refractivity contribution in [1.82, 2.24) is 10.2 Å². The molecule has 0 spiro atoms. The quantitative estimate of drug-likeness (QED) is 0.804. The molecule has 1 aromatic carbocycles. The van der Waals surface area contributed by atoms with Crippen molar-refractivity contribution < 1.29 is 18.3 Å². The Kier molecular flexibility index (Phi) is 8.26. The number of piperidine rings is 1. The molecule has 1 heterocycles. The van der Waals surface area contributed by atoms with E-state index in [0.29, 0.717) is 32.4 Å². The molecule has 1 fully saturated rings. The highest BCUT2D eigenvalue weighted by Crippen LogP contribution is 2.23. The lowest BCUT2D eigenvalue weighted by molar-refractivity contribution is -0.133. The second-order valence-corrected chi connectivity index (χ2v) is 5.48. The molecule has 0 bridgehead atoms. The van der Waals surface area contributed by atoms with Crippen LogP contribution >= 0.6 is 12.4 Å². The standard InChI is InChI=1S/C16H22F2N2O2.ClH/c1-19-8-2-3-16(21)20-9-6-13(7-10-20)22-15-5-4-12(17)11-14(15)18;/h4-5,11,13,19H,2-3,6-10H2,1H3;1H. The lowest BCUT2D eigenvalue weighted by Gasteiger charge is -2.32. The molecule has 0 unspecified atom stereocenters. The predicted molar refractivity (Wildman–Crippen MR) is 87.0 cm³/mol. The lowest BCUT2D eigenvalue weighted by atomic mass is 10.1. The van der Waals surface area contributed by atoms with Crippen LogP contribution in [0.15, 0.2) is 18.2 Å². The van der Waals surface area contributed by atoms with Gasteiger partial charge in [0.1, 0.15) is 11.9 Å². The summed E-state index contributed by atoms with van der Waals surface area (Å²) in [5.41, 5.74) is 0. The van der Waals surface area contributed by atoms with E-state index in [1.54, 1.807) is 0 Å². The van der Waals surface area contributed by atoms with Crippen LogP contribution in [0.25, 0.3) is 0 Å². The molecule has 0 aliphatic carbocycles. The zero-order chi connectivity index (χ0) is 15.9. The molecule has 1 aliphatic heterocycles. The molecule has 2 rings (SSSR count). The third-order valence-corrected chi connectivity index (χ3v) is 3.80. The largest absolute Gasteiger partial charge is 0.487 e. The summed E-state index contributed by atoms with van der Waals surface area (Å²) in [6, 6.07) is 3.30. The smallest absolute Gasteiger partial charge is 0.222 e. The molecule has 130 valence electrons. The summed E-state index contributed by atoms with van der Waals surface area (Å²) in [5.74, 6) is -1.08. The number of carbonyl (C=O) groups excluding carboxylic acids is 1. The fraction of sp³-hybridized carbons (Fsp3) is 0.562. The number of halogens is 3. The van der Waals surface area contributed by atoms with Gasteiger partial charge in [-0.05, 0) is 32.1 Å². The topological polar surface area (TPSA) is 41.6 Å². The first-order valence-corrected chi connectivity index (χ1v) is 7.64. The van der Waals surface area contributed by atoms with Crippen LogP contribution < -0.4 is 10.1 Å². The summed E-state index contributed by atoms with van der Waals surface area (Å²) in [4.78, 5) is 13.8. The Morgan fingerprint density at radius 1 is 1.35 bits per heavy atom. The molecule has 0 radical (unpaired) electrons. The zero-order valence-electron chi connectivity index (χ0n) is 13.2. The van der Waals surface area contributed by atoms with E-state index in [2.05, 4.69) is 5.32 Å². The molecular weight excluding hydrogens is 326 g/mol. The van der Waals surface area contributed by atoms with Gasteiger partial charge in [-0.2, -0.15) is 0 Å². The van der Waals surface area contributed by atoms with Gasteiger partial charge < -0.3 is 15.0 Å². The number of hydrogen-bond acceptors (Lipinski definition) is 3. The van der Waals surface area contributed by atoms with Crippen LogP contribution in [-0.4, -0.2) is 43.6 Å². The molecule has 1 aliphatic rings. The van der Waals surface area contributed by atoms with Gasteiger partial charge in [-0.1, -0.05) is 0 Å². The van der Waals surface area contributed by atoms with Gasteiger partial charge in [-0.3, -0.25) is 4.79 Å². The van der Waals surface area contributed by atoms with Gasteiger partial charge in [0.15, 0.2) is 11.6 Å². The molecule has 4 nitrogen and oxygen atoms in total. The highest BCUT2D eigenvalue weighted by atomic mass is 35.5. The summed E-state index contributed by atoms with van der Waals surface area (Å²) < 4.78 is 32.0. The predicted octanol–water partition coefficient (Wildman–Crippen LogP) is 2.76. The summed E-state index contributed by atoms with van der Waals surface area (Å²) >= 11 is 0. The number of nitrogens with one attached hydrogen (secondary N) is 1. The zero-order valence-corrected chi connectivity index (χ0v) is 14.0. The third kappa shape index (κ3) is 5.95. The van der Waals surface area contributed by atoms with Crippen molar-refractivity contribution in [3.8, 4) is 5.75 Å². The molecule has 0 saturated carbocycles. The van der Waals surface area contributed by atoms with E-state index < -0.39 is 11.6 Å². The van der Waals surface area contributed by atoms with Gasteiger partial charge in [0.05, 0.1) is 0 Å². The second kappa shape index (κ2) is 9.67. The van der Waals surface area contributed by atoms with E-state index in [4.69, 9.17) is 4.74 Å². The van der Waals surface area contributed by atoms with Gasteiger partial charge in [0, 0.05) is 38.4 Å². The van der Waals surface area contributed by atoms with Gasteiger partial charge in [-0.25, -0.2) is 8.78 Å². The first-order valence-electron chi connectivity index (χ1n) is 7.64. The molecule has 1 saturated heterocycles. The maximum absolute atomic E-state index is 13.5. The minimum atomic E-state index is -0.689. The molecular formula is C16H23ClF2N2O2. The fourth-order valence-electron chi connectivity index (χ4n) is 2.55. The van der Waals surface area contributed by atoms with E-state index in [1.165, 1.54) is 12.1 Å². The van der Waals surface area contributed by atoms with Crippen LogP contribution in [0.1, 0.15) is 25.7 Å². The molecule has 0 atom stereocenters. The van der Waals surface area contributed by atoms with Crippen molar-refractivity contribution in [2.24, 2.45) is 0 Å². The van der Waals surface area contributed by atoms with Crippen LogP contribution in [0.4, 0.5) is 8.78 Å². The number of hydrogen-bond donors (Lipinski definition) is 1. The van der Waals surface area contributed by atoms with Gasteiger partial charge in [0.2, 0.25) is 5.91 Å². The van der Waals surface area contributed by atoms with E-state index in [1.807, 2.05) is 11.9 Å². The fourth-order valence-corrected chi connectivity index (χ4v) is 2.55. The van der Waals surface area contributed by atoms with Crippen molar-refractivity contribution in [2.75, 3.05) is 26.7 Å². The highest BCUT2D eigenvalue weighted by Gasteiger charge is 2.24. The summed E-state index contributed by atoms with van der Waals surface area (Å²) in [6.45, 7) is 2.06. The summed E-state index contributed by atoms with van der Waals surface area (Å²) in [5, 5.41) is 3.02. The lowest BCUT2D eigenvalue weighted by Crippen LogP contribution is -2.41. The van der Waals surface area contributed by atoms with Crippen molar-refractivity contribution in [1.29, 1.82) is 0 Å². The first kappa shape index (κ1) is 19.6. The normalized spacial score (nSPS) is 15.2. The number of carbonyl (C=O) groups is 1. The third-order valence-electron chi connectivity index (χ3n) is 3.80. The van der Waals surface area contributed by atoms with Crippen molar-refractivity contribution in [2.45, 2.75) is 31.8 Å². The summed E-state index contributed by atoms with van der Waals surface area (Å²) in [6.07, 6.45) is 2.55. The maximum Gasteiger partial charge on any atom is 0.222 e. The van der Waals surface area contributed by atoms with Gasteiger partial charge in [-0.15, -0.1) is 12.4 Å². The Morgan fingerprint density at radius 2 is 2.04 bits per heavy atom. The minimum Gasteiger partial charge on any atom is -0.487 e. The number of amides is 1. The molecule has 23 heavy (non-hydrogen) atoms. The van der Waals surface area contributed by atoms with E-state index in [0.717, 1.165) is 19.0 Å². The van der Waals surface area contributed by atoms with Crippen molar-refractivity contribution in [3.05, 3.63) is 29.8 Å². The Morgan fingerprint density at radius 3 is 2.65 bits per heavy atom. The average Bonchev–Trinajstić information content (AvgIpc) is 2.51. The Hall–Kier alpha value is -1.40. The number of benzene rings is 1. The number of nitrogens with zero attached hydrogens (tertiary/aromatic N) is 1. The van der Waals surface area contributed by atoms with Crippen molar-refractivity contribution in [3.63, 3.8) is 0 Å². The second-order valence-electron chi connectivity index (χ2n) is 5.48. The highest BCUT2D eigenvalue weighted by molar-refractivity contribution is 5.85. The van der Waals surface area contributed by atoms with Crippen LogP contribution in [0.2, 0.25) is 0 Å². The molecule has 1 N–H and O–H groups in total. The number of likely N-dealkylation sites (tertiary alicyclic amines) is 1. The molecule has 7 heteroatoms. The Balaban J connectivity index is 0.00000264. The van der Waals surface area contributed by atoms with E-state index in [-0.39, 0.29) is 30.2 Å². The summed E-state index contributed by atoms with van der Waals surface area (Å²) in [7, 11) is 1.86. The molecule has 0 aromatic heterocycles. The van der Waals surface area contributed by atoms with Gasteiger partial charge >= 0.3 is 0 Å². The molecule has 1 amide bonds. The minimum absolute atomic E-state index is 0. The van der Waals surface area contributed by atoms with Crippen LogP contribution in [0.3, 0.4) is 0 Å². The number of ether oxygens (including phenoxy) is 1. The monoisotopic (exact) mass is 348 g/mol. The Labute approximate surface area is 141 Å². The average molecular weight is 349 g/mol. The SMILES string of the molecule is CNCCCC(=O)N1CCC(Oc2ccc(F)cc2F)CC1.Cl. The maximum atomic E-state index is 13.5. The van der Waals surface area contributed by atoms with E-state index >= 15 is 0 Å². The van der Waals surface area contributed by atoms with E-state index in [9.17, 15) is 13.6 Å². The molecule has 1 aromatic rings. The van der Waals surface area contributed by atoms with Gasteiger partial charge in [0.25, 0.3) is 0 Å². The van der Waals surface area contributed by atoms with Crippen LogP contribution in [0.5, 0.6) is 5.75 Å². The first-order chi connectivity index (χ1) is 10.6. The Bertz CT molecular complexity index is 509. The van der Waals surface area contributed by atoms with Crippen LogP contribution in [0, 0.1) is 11.6 Å². The van der Waals surface area contributed by atoms with Crippen molar-refractivity contribution >= 4 is 18.3 Å². The number of rotatable bonds is 6.